The Hall–Kier alpha value is -3.08. The molecule has 4 rings (SSSR count). The average Bonchev–Trinajstić information content (AvgIpc) is 3.45. The normalized spacial score (nSPS) is 18.7. The van der Waals surface area contributed by atoms with Crippen LogP contribution in [0, 0.1) is 18.7 Å². The van der Waals surface area contributed by atoms with Crippen molar-refractivity contribution >= 4 is 15.6 Å². The molecular weight excluding hydrogens is 486 g/mol. The van der Waals surface area contributed by atoms with E-state index in [0.29, 0.717) is 37.1 Å². The molecule has 0 unspecified atom stereocenters. The van der Waals surface area contributed by atoms with E-state index in [1.165, 1.54) is 22.9 Å². The molecule has 2 aromatic heterocycles. The second-order valence-corrected chi connectivity index (χ2v) is 10.8. The number of hydrogen-bond acceptors (Lipinski definition) is 5. The van der Waals surface area contributed by atoms with Crippen molar-refractivity contribution in [3.63, 3.8) is 0 Å². The number of Topliss-reactive ketones (excluding diaryl/α,β-unsaturated/α-hetero) is 1. The number of halogens is 4. The maximum absolute atomic E-state index is 13.2. The molecule has 11 heteroatoms. The summed E-state index contributed by atoms with van der Waals surface area (Å²) in [5.41, 5.74) is 0.686. The zero-order chi connectivity index (χ0) is 25.4. The van der Waals surface area contributed by atoms with E-state index in [2.05, 4.69) is 10.1 Å². The van der Waals surface area contributed by atoms with Gasteiger partial charge in [0.1, 0.15) is 17.3 Å². The third-order valence-electron chi connectivity index (χ3n) is 6.35. The first-order chi connectivity index (χ1) is 16.5. The second-order valence-electron chi connectivity index (χ2n) is 8.62. The van der Waals surface area contributed by atoms with Crippen LogP contribution in [0.4, 0.5) is 17.6 Å². The molecule has 0 N–H and O–H groups in total. The van der Waals surface area contributed by atoms with Crippen LogP contribution >= 0.6 is 0 Å². The molecule has 6 nitrogen and oxygen atoms in total. The molecule has 1 saturated carbocycles. The highest BCUT2D eigenvalue weighted by Crippen LogP contribution is 2.36. The molecule has 3 aromatic rings. The lowest BCUT2D eigenvalue weighted by atomic mass is 9.97. The molecule has 1 aromatic carbocycles. The summed E-state index contributed by atoms with van der Waals surface area (Å²) < 4.78 is 79.0. The maximum atomic E-state index is 13.2. The van der Waals surface area contributed by atoms with Crippen LogP contribution in [0.2, 0.25) is 0 Å². The quantitative estimate of drug-likeness (QED) is 0.335. The van der Waals surface area contributed by atoms with Crippen LogP contribution < -0.4 is 0 Å². The number of carbonyl (C=O) groups is 1. The fourth-order valence-corrected chi connectivity index (χ4v) is 6.53. The molecule has 2 heterocycles. The van der Waals surface area contributed by atoms with Gasteiger partial charge in [0, 0.05) is 18.5 Å². The number of nitrogens with zero attached hydrogens (tertiary/aromatic N) is 3. The van der Waals surface area contributed by atoms with Gasteiger partial charge in [0.15, 0.2) is 9.84 Å². The summed E-state index contributed by atoms with van der Waals surface area (Å²) in [6.07, 6.45) is 0.0531. The van der Waals surface area contributed by atoms with Crippen LogP contribution in [0.25, 0.3) is 5.69 Å². The monoisotopic (exact) mass is 509 g/mol. The molecule has 1 aliphatic carbocycles. The molecule has 1 aliphatic rings. The smallest absolute Gasteiger partial charge is 0.299 e. The highest BCUT2D eigenvalue weighted by atomic mass is 32.2. The number of pyridine rings is 1. The summed E-state index contributed by atoms with van der Waals surface area (Å²) >= 11 is 0. The zero-order valence-electron chi connectivity index (χ0n) is 18.8. The van der Waals surface area contributed by atoms with Crippen molar-refractivity contribution < 1.29 is 30.8 Å². The van der Waals surface area contributed by atoms with Gasteiger partial charge in [-0.15, -0.1) is 0 Å². The number of benzene rings is 1. The standard InChI is InChI=1S/C24H23F4N3O3S/c1-15-16(14-31(30-15)18-8-12-23(29-13-18)24(26,27)28)5-11-21(32)20-3-2-4-22(20)35(33,34)19-9-6-17(25)7-10-19/h6-10,12-14,20,22H,2-5,11H2,1H3/t20-,22-/m0/s1. The predicted molar refractivity (Wildman–Crippen MR) is 119 cm³/mol. The van der Waals surface area contributed by atoms with E-state index in [1.807, 2.05) is 0 Å². The summed E-state index contributed by atoms with van der Waals surface area (Å²) in [4.78, 5) is 16.5. The molecule has 0 amide bonds. The molecule has 0 radical (unpaired) electrons. The number of hydrogen-bond donors (Lipinski definition) is 0. The average molecular weight is 510 g/mol. The molecule has 1 fully saturated rings. The van der Waals surface area contributed by atoms with Crippen LogP contribution in [0.1, 0.15) is 42.6 Å². The summed E-state index contributed by atoms with van der Waals surface area (Å²) in [5.74, 6) is -1.34. The van der Waals surface area contributed by atoms with Gasteiger partial charge in [-0.3, -0.25) is 4.79 Å². The Morgan fingerprint density at radius 1 is 1.11 bits per heavy atom. The van der Waals surface area contributed by atoms with Crippen LogP contribution in [-0.2, 0) is 27.2 Å². The minimum Gasteiger partial charge on any atom is -0.299 e. The van der Waals surface area contributed by atoms with Gasteiger partial charge in [0.05, 0.1) is 27.7 Å². The molecule has 0 aliphatic heterocycles. The Kier molecular flexibility index (Phi) is 6.81. The Balaban J connectivity index is 1.45. The Labute approximate surface area is 199 Å². The van der Waals surface area contributed by atoms with Crippen LogP contribution in [0.5, 0.6) is 0 Å². The molecule has 0 saturated heterocycles. The van der Waals surface area contributed by atoms with E-state index >= 15 is 0 Å². The third-order valence-corrected chi connectivity index (χ3v) is 8.64. The summed E-state index contributed by atoms with van der Waals surface area (Å²) in [5, 5.41) is 3.46. The Morgan fingerprint density at radius 3 is 2.46 bits per heavy atom. The van der Waals surface area contributed by atoms with Crippen molar-refractivity contribution in [3.8, 4) is 5.69 Å². The predicted octanol–water partition coefficient (Wildman–Crippen LogP) is 4.88. The van der Waals surface area contributed by atoms with Crippen molar-refractivity contribution in [2.24, 2.45) is 5.92 Å². The van der Waals surface area contributed by atoms with E-state index in [1.54, 1.807) is 13.1 Å². The first-order valence-corrected chi connectivity index (χ1v) is 12.6. The second kappa shape index (κ2) is 9.52. The summed E-state index contributed by atoms with van der Waals surface area (Å²) in [6, 6.07) is 6.76. The van der Waals surface area contributed by atoms with E-state index in [0.717, 1.165) is 30.0 Å². The van der Waals surface area contributed by atoms with E-state index in [-0.39, 0.29) is 17.1 Å². The lowest BCUT2D eigenvalue weighted by Gasteiger charge is -2.19. The Morgan fingerprint density at radius 2 is 1.83 bits per heavy atom. The van der Waals surface area contributed by atoms with Crippen LogP contribution in [0.3, 0.4) is 0 Å². The van der Waals surface area contributed by atoms with E-state index in [9.17, 15) is 30.8 Å². The van der Waals surface area contributed by atoms with Crippen molar-refractivity contribution in [2.75, 3.05) is 0 Å². The molecule has 186 valence electrons. The number of ketones is 1. The fourth-order valence-electron chi connectivity index (χ4n) is 4.47. The minimum atomic E-state index is -4.54. The molecule has 35 heavy (non-hydrogen) atoms. The van der Waals surface area contributed by atoms with Crippen molar-refractivity contribution in [2.45, 2.75) is 55.3 Å². The van der Waals surface area contributed by atoms with Crippen molar-refractivity contribution in [3.05, 3.63) is 71.6 Å². The van der Waals surface area contributed by atoms with Gasteiger partial charge in [-0.1, -0.05) is 6.42 Å². The molecular formula is C24H23F4N3O3S. The third kappa shape index (κ3) is 5.29. The number of aromatic nitrogens is 3. The number of alkyl halides is 3. The molecule has 0 spiro atoms. The van der Waals surface area contributed by atoms with Crippen molar-refractivity contribution in [1.82, 2.24) is 14.8 Å². The van der Waals surface area contributed by atoms with Gasteiger partial charge in [-0.25, -0.2) is 22.5 Å². The lowest BCUT2D eigenvalue weighted by Crippen LogP contribution is -2.31. The SMILES string of the molecule is Cc1nn(-c2ccc(C(F)(F)F)nc2)cc1CCC(=O)[C@@H]1CCC[C@@H]1S(=O)(=O)c1ccc(F)cc1. The largest absolute Gasteiger partial charge is 0.433 e. The van der Waals surface area contributed by atoms with Gasteiger partial charge in [-0.05, 0) is 68.1 Å². The fraction of sp³-hybridized carbons (Fsp3) is 0.375. The number of rotatable bonds is 7. The zero-order valence-corrected chi connectivity index (χ0v) is 19.6. The van der Waals surface area contributed by atoms with Gasteiger partial charge in [-0.2, -0.15) is 18.3 Å². The number of aryl methyl sites for hydroxylation is 2. The molecule has 2 atom stereocenters. The summed E-state index contributed by atoms with van der Waals surface area (Å²) in [6.45, 7) is 1.73. The van der Waals surface area contributed by atoms with E-state index < -0.39 is 38.7 Å². The topological polar surface area (TPSA) is 81.9 Å². The lowest BCUT2D eigenvalue weighted by molar-refractivity contribution is -0.141. The van der Waals surface area contributed by atoms with Crippen LogP contribution in [-0.4, -0.2) is 34.2 Å². The minimum absolute atomic E-state index is 0.00544. The van der Waals surface area contributed by atoms with Crippen molar-refractivity contribution in [1.29, 1.82) is 0 Å². The first-order valence-electron chi connectivity index (χ1n) is 11.1. The van der Waals surface area contributed by atoms with Gasteiger partial charge in [0.25, 0.3) is 0 Å². The van der Waals surface area contributed by atoms with Gasteiger partial charge >= 0.3 is 6.18 Å². The van der Waals surface area contributed by atoms with Gasteiger partial charge in [0.2, 0.25) is 0 Å². The van der Waals surface area contributed by atoms with Gasteiger partial charge < -0.3 is 0 Å². The highest BCUT2D eigenvalue weighted by molar-refractivity contribution is 7.92. The maximum Gasteiger partial charge on any atom is 0.433 e. The molecule has 0 bridgehead atoms. The highest BCUT2D eigenvalue weighted by Gasteiger charge is 2.41. The van der Waals surface area contributed by atoms with Crippen LogP contribution in [0.15, 0.2) is 53.7 Å². The number of carbonyl (C=O) groups excluding carboxylic acids is 1. The van der Waals surface area contributed by atoms with E-state index in [4.69, 9.17) is 0 Å². The first kappa shape index (κ1) is 25.0. The number of sulfone groups is 1. The Bertz CT molecular complexity index is 1320. The summed E-state index contributed by atoms with van der Waals surface area (Å²) in [7, 11) is -3.78.